The van der Waals surface area contributed by atoms with Crippen LogP contribution in [0, 0.1) is 0 Å². The van der Waals surface area contributed by atoms with Crippen molar-refractivity contribution >= 4 is 79.2 Å². The molecule has 0 radical (unpaired) electrons. The molecule has 1 nitrogen and oxygen atoms in total. The van der Waals surface area contributed by atoms with Gasteiger partial charge in [-0.3, -0.25) is 4.66 Å². The van der Waals surface area contributed by atoms with Crippen LogP contribution < -0.4 is 0 Å². The van der Waals surface area contributed by atoms with Gasteiger partial charge in [-0.1, -0.05) is 0 Å². The van der Waals surface area contributed by atoms with Gasteiger partial charge in [0.05, 0.1) is 11.9 Å². The third-order valence-corrected chi connectivity index (χ3v) is 0. The molecule has 0 saturated heterocycles. The van der Waals surface area contributed by atoms with Crippen molar-refractivity contribution in [1.82, 2.24) is 0 Å². The Labute approximate surface area is 82.2 Å². The molecule has 0 bridgehead atoms. The fourth-order valence-corrected chi connectivity index (χ4v) is 0. The summed E-state index contributed by atoms with van der Waals surface area (Å²) >= 11 is 3.64. The Morgan fingerprint density at radius 2 is 1.25 bits per heavy atom. The zero-order valence-corrected chi connectivity index (χ0v) is 1.58. The van der Waals surface area contributed by atoms with E-state index in [4.69, 9.17) is 4.66 Å². The van der Waals surface area contributed by atoms with Gasteiger partial charge >= 0.3 is 67.3 Å². The molecule has 0 aromatic rings. The van der Waals surface area contributed by atoms with Crippen LogP contribution in [0.2, 0.25) is 0 Å². The molecule has 0 aliphatic carbocycles. The van der Waals surface area contributed by atoms with Crippen LogP contribution in [0.3, 0.4) is 0 Å². The predicted octanol–water partition coefficient (Wildman–Crippen LogP) is -1.43. The molecule has 0 spiro atoms. The van der Waals surface area contributed by atoms with E-state index >= 15 is 0 Å². The van der Waals surface area contributed by atoms with Crippen molar-refractivity contribution in [1.29, 1.82) is 0 Å². The van der Waals surface area contributed by atoms with Gasteiger partial charge in [0.25, 0.3) is 0 Å². The molecule has 0 aliphatic rings. The van der Waals surface area contributed by atoms with E-state index in [0.717, 1.165) is 0 Å². The van der Waals surface area contributed by atoms with Crippen LogP contribution >= 0.6 is 11.9 Å². The molecule has 0 rings (SSSR count). The van der Waals surface area contributed by atoms with Crippen molar-refractivity contribution in [3.8, 4) is 0 Å². The molecule has 0 heterocycles. The summed E-state index contributed by atoms with van der Waals surface area (Å²) in [7, 11) is 0. The predicted molar refractivity (Wildman–Crippen MR) is 23.8 cm³/mol. The Morgan fingerprint density at radius 1 is 1.25 bits per heavy atom. The van der Waals surface area contributed by atoms with Crippen LogP contribution in [0.15, 0.2) is 0 Å². The van der Waals surface area contributed by atoms with E-state index in [1.165, 1.54) is 0 Å². The standard InChI is InChI=1S/Ca.ClHO.Na.3H/c;1-2;;;;/h;2H;;;;. The maximum absolute atomic E-state index is 6.47. The number of rotatable bonds is 0. The Balaban J connectivity index is -0.00000000500. The van der Waals surface area contributed by atoms with Gasteiger partial charge in [0.1, 0.15) is 0 Å². The molecule has 0 unspecified atom stereocenters. The van der Waals surface area contributed by atoms with Crippen LogP contribution in [-0.4, -0.2) is 72.0 Å². The molecule has 0 saturated carbocycles. The average Bonchev–Trinajstić information content (AvgIpc) is 1.00. The van der Waals surface area contributed by atoms with E-state index in [0.29, 0.717) is 0 Å². The van der Waals surface area contributed by atoms with Gasteiger partial charge < -0.3 is 0 Å². The summed E-state index contributed by atoms with van der Waals surface area (Å²) in [6.07, 6.45) is 0. The first kappa shape index (κ1) is 16.0. The Bertz CT molecular complexity index is 8.00. The first-order valence-corrected chi connectivity index (χ1v) is 0.507. The molecular formula is H4CaClNaO. The molecule has 4 heteroatoms. The van der Waals surface area contributed by atoms with Gasteiger partial charge in [0.2, 0.25) is 0 Å². The molecule has 0 amide bonds. The second-order valence-corrected chi connectivity index (χ2v) is 0. The summed E-state index contributed by atoms with van der Waals surface area (Å²) in [5.41, 5.74) is 0. The van der Waals surface area contributed by atoms with Crippen LogP contribution in [-0.2, 0) is 0 Å². The van der Waals surface area contributed by atoms with E-state index in [-0.39, 0.29) is 67.3 Å². The van der Waals surface area contributed by atoms with Gasteiger partial charge in [-0.2, -0.15) is 0 Å². The van der Waals surface area contributed by atoms with E-state index in [9.17, 15) is 0 Å². The van der Waals surface area contributed by atoms with E-state index in [2.05, 4.69) is 11.9 Å². The summed E-state index contributed by atoms with van der Waals surface area (Å²) in [6, 6.07) is 0. The van der Waals surface area contributed by atoms with Gasteiger partial charge in [-0.15, -0.1) is 0 Å². The van der Waals surface area contributed by atoms with Gasteiger partial charge in [0.15, 0.2) is 0 Å². The summed E-state index contributed by atoms with van der Waals surface area (Å²) in [5, 5.41) is 0. The van der Waals surface area contributed by atoms with Crippen LogP contribution in [0.4, 0.5) is 0 Å². The van der Waals surface area contributed by atoms with Gasteiger partial charge in [-0.25, -0.2) is 0 Å². The second kappa shape index (κ2) is 17.8. The molecule has 0 fully saturated rings. The van der Waals surface area contributed by atoms with Crippen molar-refractivity contribution < 1.29 is 4.66 Å². The minimum absolute atomic E-state index is 0. The third kappa shape index (κ3) is 8.82. The van der Waals surface area contributed by atoms with Crippen LogP contribution in [0.5, 0.6) is 0 Å². The fourth-order valence-electron chi connectivity index (χ4n) is 0. The zero-order valence-electron chi connectivity index (χ0n) is 0.825. The molecular weight excluding hydrogens is 115 g/mol. The first-order valence-electron chi connectivity index (χ1n) is 0.169. The number of hydrogen-bond donors (Lipinski definition) is 1. The number of hydrogen-bond acceptors (Lipinski definition) is 1. The SMILES string of the molecule is OCl.[CaH2].[NaH]. The third-order valence-electron chi connectivity index (χ3n) is 0. The second-order valence-electron chi connectivity index (χ2n) is 0. The Morgan fingerprint density at radius 3 is 1.25 bits per heavy atom. The fraction of sp³-hybridized carbons (Fsp3) is 0. The Hall–Kier alpha value is 2.51. The van der Waals surface area contributed by atoms with Crippen LogP contribution in [0.25, 0.3) is 0 Å². The van der Waals surface area contributed by atoms with Crippen molar-refractivity contribution in [3.63, 3.8) is 0 Å². The summed E-state index contributed by atoms with van der Waals surface area (Å²) in [5.74, 6) is 0. The molecule has 4 heavy (non-hydrogen) atoms. The first-order chi connectivity index (χ1) is 1.00. The Kier molecular flexibility index (Phi) is 71.3. The van der Waals surface area contributed by atoms with E-state index < -0.39 is 0 Å². The normalized spacial score (nSPS) is 1.50. The molecule has 0 aliphatic heterocycles. The number of halogens is 1. The monoisotopic (exact) mass is 118 g/mol. The zero-order chi connectivity index (χ0) is 2.00. The van der Waals surface area contributed by atoms with Crippen molar-refractivity contribution in [2.45, 2.75) is 0 Å². The van der Waals surface area contributed by atoms with Gasteiger partial charge in [-0.05, 0) is 0 Å². The molecule has 0 aromatic heterocycles. The van der Waals surface area contributed by atoms with Gasteiger partial charge in [0, 0.05) is 0 Å². The molecule has 0 atom stereocenters. The summed E-state index contributed by atoms with van der Waals surface area (Å²) in [4.78, 5) is 0. The van der Waals surface area contributed by atoms with Crippen molar-refractivity contribution in [3.05, 3.63) is 0 Å². The minimum atomic E-state index is 0. The maximum atomic E-state index is 6.47. The van der Waals surface area contributed by atoms with Crippen molar-refractivity contribution in [2.75, 3.05) is 0 Å². The summed E-state index contributed by atoms with van der Waals surface area (Å²) in [6.45, 7) is 0. The molecule has 20 valence electrons. The van der Waals surface area contributed by atoms with Crippen molar-refractivity contribution in [2.24, 2.45) is 0 Å². The topological polar surface area (TPSA) is 20.2 Å². The average molecular weight is 119 g/mol. The summed E-state index contributed by atoms with van der Waals surface area (Å²) < 4.78 is 6.47. The quantitative estimate of drug-likeness (QED) is 0.387. The van der Waals surface area contributed by atoms with Crippen LogP contribution in [0.1, 0.15) is 0 Å². The molecule has 0 aromatic carbocycles. The van der Waals surface area contributed by atoms with E-state index in [1.54, 1.807) is 0 Å². The van der Waals surface area contributed by atoms with E-state index in [1.807, 2.05) is 0 Å². The molecule has 1 N–H and O–H groups in total.